The number of imide groups is 1. The number of rotatable bonds is 8. The van der Waals surface area contributed by atoms with Gasteiger partial charge in [-0.1, -0.05) is 0 Å². The van der Waals surface area contributed by atoms with Crippen LogP contribution in [-0.2, 0) is 31.1 Å². The van der Waals surface area contributed by atoms with E-state index < -0.39 is 30.0 Å². The zero-order valence-electron chi connectivity index (χ0n) is 16.0. The summed E-state index contributed by atoms with van der Waals surface area (Å²) in [5.41, 5.74) is 0. The zero-order valence-corrected chi connectivity index (χ0v) is 17.5. The van der Waals surface area contributed by atoms with Crippen molar-refractivity contribution < 1.29 is 41.1 Å². The van der Waals surface area contributed by atoms with E-state index in [1.165, 1.54) is 0 Å². The molecule has 0 aliphatic carbocycles. The van der Waals surface area contributed by atoms with Gasteiger partial charge in [-0.15, -0.1) is 0 Å². The van der Waals surface area contributed by atoms with Gasteiger partial charge in [-0.3, -0.25) is 0 Å². The number of hydrogen-bond donors (Lipinski definition) is 0. The van der Waals surface area contributed by atoms with E-state index in [1.54, 1.807) is 72.8 Å². The fourth-order valence-corrected chi connectivity index (χ4v) is 5.81. The van der Waals surface area contributed by atoms with Crippen LogP contribution in [0.4, 0.5) is 0 Å². The summed E-state index contributed by atoms with van der Waals surface area (Å²) in [7, 11) is 0. The van der Waals surface area contributed by atoms with Crippen LogP contribution in [0.15, 0.2) is 91.0 Å². The molecule has 152 valence electrons. The monoisotopic (exact) mass is 441 g/mol. The Morgan fingerprint density at radius 3 is 1.23 bits per heavy atom. The van der Waals surface area contributed by atoms with Crippen LogP contribution in [0.2, 0.25) is 0 Å². The van der Waals surface area contributed by atoms with Gasteiger partial charge in [0.2, 0.25) is 0 Å². The fourth-order valence-electron chi connectivity index (χ4n) is 2.79. The standard InChI is InChI=1S/3C6H6O.C4H4NO3.Ti/c3*7-6-4-2-1-3-5-6;6-3-1-2-4(7)5(3)8;/h3*1-5,7H;1-2H2;/q;;;-1;+4/p-3. The predicted molar refractivity (Wildman–Crippen MR) is 103 cm³/mol. The number of benzene rings is 3. The Bertz CT molecular complexity index is 882. The van der Waals surface area contributed by atoms with Gasteiger partial charge in [-0.05, 0) is 0 Å². The van der Waals surface area contributed by atoms with Crippen LogP contribution in [0, 0.1) is 0 Å². The quantitative estimate of drug-likeness (QED) is 0.387. The number of hydrogen-bond acceptors (Lipinski definition) is 6. The van der Waals surface area contributed by atoms with Gasteiger partial charge in [0.15, 0.2) is 0 Å². The molecule has 1 aliphatic heterocycles. The van der Waals surface area contributed by atoms with Crippen molar-refractivity contribution in [3.8, 4) is 17.2 Å². The van der Waals surface area contributed by atoms with Crippen molar-refractivity contribution in [1.82, 2.24) is 5.06 Å². The van der Waals surface area contributed by atoms with E-state index in [0.717, 1.165) is 5.06 Å². The summed E-state index contributed by atoms with van der Waals surface area (Å²) in [4.78, 5) is 24.5. The van der Waals surface area contributed by atoms with E-state index in [1.807, 2.05) is 18.2 Å². The van der Waals surface area contributed by atoms with Gasteiger partial charge in [0.25, 0.3) is 0 Å². The third kappa shape index (κ3) is 4.88. The van der Waals surface area contributed by atoms with Crippen molar-refractivity contribution in [1.29, 1.82) is 0 Å². The second-order valence-electron chi connectivity index (χ2n) is 6.42. The molecule has 0 radical (unpaired) electrons. The molecule has 3 aromatic rings. The molecule has 0 unspecified atom stereocenters. The molecule has 4 rings (SSSR count). The van der Waals surface area contributed by atoms with Crippen LogP contribution < -0.4 is 9.96 Å². The Hall–Kier alpha value is -3.13. The summed E-state index contributed by atoms with van der Waals surface area (Å²) in [6.45, 7) is 0. The molecule has 1 fully saturated rings. The first-order valence-corrected chi connectivity index (χ1v) is 12.0. The number of carbonyl (C=O) groups excluding carboxylic acids is 2. The molecule has 0 atom stereocenters. The molecular formula is C22H19NO6Ti. The van der Waals surface area contributed by atoms with Crippen LogP contribution in [0.3, 0.4) is 0 Å². The molecule has 1 heterocycles. The molecule has 7 nitrogen and oxygen atoms in total. The Labute approximate surface area is 179 Å². The van der Waals surface area contributed by atoms with Crippen LogP contribution in [0.5, 0.6) is 17.2 Å². The van der Waals surface area contributed by atoms with Gasteiger partial charge >= 0.3 is 179 Å². The number of nitrogens with zero attached hydrogens (tertiary/aromatic N) is 1. The molecule has 3 aromatic carbocycles. The average Bonchev–Trinajstić information content (AvgIpc) is 3.08. The Kier molecular flexibility index (Phi) is 6.14. The summed E-state index contributed by atoms with van der Waals surface area (Å²) in [6, 6.07) is 26.6. The van der Waals surface area contributed by atoms with Crippen molar-refractivity contribution in [2.45, 2.75) is 12.8 Å². The second-order valence-corrected chi connectivity index (χ2v) is 9.22. The Morgan fingerprint density at radius 1 is 0.567 bits per heavy atom. The molecule has 0 spiro atoms. The minimum atomic E-state index is -4.85. The first-order chi connectivity index (χ1) is 14.6. The molecule has 0 N–H and O–H groups in total. The van der Waals surface area contributed by atoms with Crippen LogP contribution in [0.25, 0.3) is 0 Å². The second kappa shape index (κ2) is 9.13. The summed E-state index contributed by atoms with van der Waals surface area (Å²) in [5, 5.41) is 0.717. The van der Waals surface area contributed by atoms with Gasteiger partial charge in [-0.25, -0.2) is 0 Å². The average molecular weight is 441 g/mol. The molecule has 0 aromatic heterocycles. The maximum absolute atomic E-state index is 12.3. The van der Waals surface area contributed by atoms with E-state index in [0.29, 0.717) is 17.2 Å². The number of para-hydroxylation sites is 3. The molecule has 2 amide bonds. The normalized spacial score (nSPS) is 13.9. The van der Waals surface area contributed by atoms with Gasteiger partial charge in [-0.2, -0.15) is 0 Å². The van der Waals surface area contributed by atoms with Gasteiger partial charge in [0.1, 0.15) is 0 Å². The van der Waals surface area contributed by atoms with E-state index >= 15 is 0 Å². The van der Waals surface area contributed by atoms with Gasteiger partial charge < -0.3 is 0 Å². The molecule has 8 heteroatoms. The van der Waals surface area contributed by atoms with Gasteiger partial charge in [0.05, 0.1) is 0 Å². The first-order valence-electron chi connectivity index (χ1n) is 9.41. The maximum atomic E-state index is 12.3. The topological polar surface area (TPSA) is 74.3 Å². The summed E-state index contributed by atoms with van der Waals surface area (Å²) >= 11 is -4.85. The van der Waals surface area contributed by atoms with E-state index in [4.69, 9.17) is 13.4 Å². The van der Waals surface area contributed by atoms with Crippen molar-refractivity contribution >= 4 is 11.8 Å². The van der Waals surface area contributed by atoms with Crippen LogP contribution >= 0.6 is 0 Å². The van der Waals surface area contributed by atoms with E-state index in [2.05, 4.69) is 0 Å². The van der Waals surface area contributed by atoms with E-state index in [-0.39, 0.29) is 12.8 Å². The molecule has 0 bridgehead atoms. The third-order valence-corrected chi connectivity index (χ3v) is 7.08. The minimum absolute atomic E-state index is 0.0686. The fraction of sp³-hybridized carbons (Fsp3) is 0.0909. The number of amides is 2. The molecular weight excluding hydrogens is 422 g/mol. The molecule has 1 saturated heterocycles. The van der Waals surface area contributed by atoms with Crippen molar-refractivity contribution in [2.24, 2.45) is 0 Å². The zero-order chi connectivity index (χ0) is 20.8. The van der Waals surface area contributed by atoms with Gasteiger partial charge in [0, 0.05) is 0 Å². The van der Waals surface area contributed by atoms with E-state index in [9.17, 15) is 9.59 Å². The van der Waals surface area contributed by atoms with Crippen molar-refractivity contribution in [2.75, 3.05) is 0 Å². The molecule has 0 saturated carbocycles. The predicted octanol–water partition coefficient (Wildman–Crippen LogP) is 4.12. The van der Waals surface area contributed by atoms with Crippen LogP contribution in [-0.4, -0.2) is 16.9 Å². The SMILES string of the molecule is O=C1CCC(=O)N1[O][Ti]([O]c1ccccc1)([O]c1ccccc1)[O]c1ccccc1. The summed E-state index contributed by atoms with van der Waals surface area (Å²) in [5.74, 6) is 0.385. The summed E-state index contributed by atoms with van der Waals surface area (Å²) in [6.07, 6.45) is 0.137. The first kappa shape index (κ1) is 20.2. The van der Waals surface area contributed by atoms with Crippen LogP contribution in [0.1, 0.15) is 12.8 Å². The number of hydroxylamine groups is 2. The third-order valence-electron chi connectivity index (χ3n) is 4.17. The summed E-state index contributed by atoms with van der Waals surface area (Å²) < 4.78 is 24.3. The molecule has 30 heavy (non-hydrogen) atoms. The Balaban J connectivity index is 1.75. The Morgan fingerprint density at radius 2 is 0.900 bits per heavy atom. The van der Waals surface area contributed by atoms with Crippen molar-refractivity contribution in [3.05, 3.63) is 91.0 Å². The molecule has 1 aliphatic rings. The van der Waals surface area contributed by atoms with Crippen molar-refractivity contribution in [3.63, 3.8) is 0 Å². The number of carbonyl (C=O) groups is 2.